The molecule has 1 N–H and O–H groups in total. The first kappa shape index (κ1) is 25.7. The Labute approximate surface area is 163 Å². The summed E-state index contributed by atoms with van der Waals surface area (Å²) >= 11 is 0. The predicted molar refractivity (Wildman–Crippen MR) is 106 cm³/mol. The number of nitrogens with zero attached hydrogens (tertiary/aromatic N) is 3. The van der Waals surface area contributed by atoms with E-state index >= 15 is 0 Å². The topological polar surface area (TPSA) is 95.3 Å². The summed E-state index contributed by atoms with van der Waals surface area (Å²) in [5.41, 5.74) is 8.49. The molecular formula is C20H38FN3O3. The van der Waals surface area contributed by atoms with Crippen LogP contribution < -0.4 is 0 Å². The average molecular weight is 388 g/mol. The maximum atomic E-state index is 14.1. The monoisotopic (exact) mass is 387 g/mol. The fourth-order valence-electron chi connectivity index (χ4n) is 3.09. The Hall–Kier alpha value is -1.33. The van der Waals surface area contributed by atoms with Gasteiger partial charge in [-0.3, -0.25) is 4.79 Å². The van der Waals surface area contributed by atoms with Crippen LogP contribution in [0.3, 0.4) is 0 Å². The van der Waals surface area contributed by atoms with Gasteiger partial charge in [-0.05, 0) is 18.9 Å². The highest BCUT2D eigenvalue weighted by Crippen LogP contribution is 2.18. The minimum atomic E-state index is -1.66. The average Bonchev–Trinajstić information content (AvgIpc) is 2.66. The number of azide groups is 1. The number of alkyl halides is 1. The summed E-state index contributed by atoms with van der Waals surface area (Å²) in [6.07, 6.45) is 11.1. The molecule has 0 aromatic heterocycles. The quantitative estimate of drug-likeness (QED) is 0.102. The van der Waals surface area contributed by atoms with Crippen molar-refractivity contribution in [3.63, 3.8) is 0 Å². The zero-order chi connectivity index (χ0) is 20.3. The molecule has 0 saturated heterocycles. The molecule has 0 heterocycles. The minimum Gasteiger partial charge on any atom is -0.466 e. The van der Waals surface area contributed by atoms with E-state index in [-0.39, 0.29) is 13.0 Å². The summed E-state index contributed by atoms with van der Waals surface area (Å²) in [5, 5.41) is 13.1. The first-order chi connectivity index (χ1) is 13.1. The number of carbonyl (C=O) groups is 1. The number of aliphatic hydroxyl groups is 1. The Morgan fingerprint density at radius 1 is 1.00 bits per heavy atom. The molecule has 0 rings (SSSR count). The summed E-state index contributed by atoms with van der Waals surface area (Å²) in [7, 11) is 0. The van der Waals surface area contributed by atoms with E-state index in [4.69, 9.17) is 10.3 Å². The second-order valence-electron chi connectivity index (χ2n) is 7.09. The normalized spacial score (nSPS) is 14.2. The Kier molecular flexibility index (Phi) is 17.2. The van der Waals surface area contributed by atoms with Crippen molar-refractivity contribution in [1.82, 2.24) is 0 Å². The number of ether oxygens (including phenoxy) is 1. The molecular weight excluding hydrogens is 349 g/mol. The fourth-order valence-corrected chi connectivity index (χ4v) is 3.09. The molecule has 3 atom stereocenters. The minimum absolute atomic E-state index is 0.0820. The SMILES string of the molecule is CCCCCCCCCCCCCCC(F)C(O)C(N=[N+]=[N-])C(=O)OCC. The van der Waals surface area contributed by atoms with Crippen LogP contribution in [0.1, 0.15) is 97.3 Å². The molecule has 0 fully saturated rings. The van der Waals surface area contributed by atoms with Crippen molar-refractivity contribution < 1.29 is 19.0 Å². The van der Waals surface area contributed by atoms with Crippen LogP contribution in [0.4, 0.5) is 4.39 Å². The van der Waals surface area contributed by atoms with Crippen LogP contribution in [0.2, 0.25) is 0 Å². The van der Waals surface area contributed by atoms with Gasteiger partial charge in [-0.25, -0.2) is 4.39 Å². The largest absolute Gasteiger partial charge is 0.466 e. The number of unbranched alkanes of at least 4 members (excludes halogenated alkanes) is 11. The summed E-state index contributed by atoms with van der Waals surface area (Å²) in [6, 6.07) is -1.53. The van der Waals surface area contributed by atoms with Gasteiger partial charge >= 0.3 is 5.97 Å². The van der Waals surface area contributed by atoms with Gasteiger partial charge in [0.25, 0.3) is 0 Å². The van der Waals surface area contributed by atoms with Crippen LogP contribution in [0.25, 0.3) is 10.4 Å². The van der Waals surface area contributed by atoms with Crippen LogP contribution in [0, 0.1) is 0 Å². The highest BCUT2D eigenvalue weighted by Gasteiger charge is 2.33. The molecule has 0 aromatic rings. The third-order valence-corrected chi connectivity index (χ3v) is 4.73. The van der Waals surface area contributed by atoms with Gasteiger partial charge in [0.05, 0.1) is 6.61 Å². The molecule has 0 aliphatic carbocycles. The summed E-state index contributed by atoms with van der Waals surface area (Å²) in [4.78, 5) is 14.1. The van der Waals surface area contributed by atoms with Crippen LogP contribution in [0.15, 0.2) is 5.11 Å². The van der Waals surface area contributed by atoms with Crippen LogP contribution in [0.5, 0.6) is 0 Å². The van der Waals surface area contributed by atoms with E-state index in [2.05, 4.69) is 16.9 Å². The van der Waals surface area contributed by atoms with Crippen molar-refractivity contribution in [2.75, 3.05) is 6.61 Å². The highest BCUT2D eigenvalue weighted by atomic mass is 19.1. The third-order valence-electron chi connectivity index (χ3n) is 4.73. The zero-order valence-corrected chi connectivity index (χ0v) is 17.1. The molecule has 7 heteroatoms. The number of hydrogen-bond acceptors (Lipinski definition) is 4. The second kappa shape index (κ2) is 18.1. The lowest BCUT2D eigenvalue weighted by molar-refractivity contribution is -0.148. The molecule has 0 spiro atoms. The Morgan fingerprint density at radius 2 is 1.48 bits per heavy atom. The maximum Gasteiger partial charge on any atom is 0.317 e. The fraction of sp³-hybridized carbons (Fsp3) is 0.950. The van der Waals surface area contributed by atoms with Crippen molar-refractivity contribution in [3.8, 4) is 0 Å². The molecule has 6 nitrogen and oxygen atoms in total. The van der Waals surface area contributed by atoms with E-state index < -0.39 is 24.3 Å². The number of carbonyl (C=O) groups excluding carboxylic acids is 1. The number of rotatable bonds is 18. The number of esters is 1. The molecule has 0 radical (unpaired) electrons. The van der Waals surface area contributed by atoms with Gasteiger partial charge in [0.15, 0.2) is 6.04 Å². The van der Waals surface area contributed by atoms with Crippen molar-refractivity contribution in [2.24, 2.45) is 5.11 Å². The van der Waals surface area contributed by atoms with E-state index in [1.807, 2.05) is 0 Å². The third kappa shape index (κ3) is 13.5. The van der Waals surface area contributed by atoms with Crippen molar-refractivity contribution in [1.29, 1.82) is 0 Å². The molecule has 3 unspecified atom stereocenters. The lowest BCUT2D eigenvalue weighted by atomic mass is 10.0. The molecule has 0 bridgehead atoms. The van der Waals surface area contributed by atoms with Gasteiger partial charge in [-0.1, -0.05) is 89.1 Å². The van der Waals surface area contributed by atoms with Gasteiger partial charge in [-0.2, -0.15) is 0 Å². The molecule has 0 aliphatic heterocycles. The molecule has 158 valence electrons. The Bertz CT molecular complexity index is 417. The highest BCUT2D eigenvalue weighted by molar-refractivity contribution is 5.76. The van der Waals surface area contributed by atoms with Gasteiger partial charge < -0.3 is 9.84 Å². The number of hydrogen-bond donors (Lipinski definition) is 1. The summed E-state index contributed by atoms with van der Waals surface area (Å²) in [6.45, 7) is 3.90. The van der Waals surface area contributed by atoms with E-state index in [0.29, 0.717) is 6.42 Å². The standard InChI is InChI=1S/C20H38FN3O3/c1-3-5-6-7-8-9-10-11-12-13-14-15-16-17(21)19(25)18(23-24-22)20(26)27-4-2/h17-19,25H,3-16H2,1-2H3. The summed E-state index contributed by atoms with van der Waals surface area (Å²) in [5.74, 6) is -0.889. The number of halogens is 1. The molecule has 0 saturated carbocycles. The van der Waals surface area contributed by atoms with Crippen LogP contribution >= 0.6 is 0 Å². The van der Waals surface area contributed by atoms with Crippen LogP contribution in [-0.2, 0) is 9.53 Å². The van der Waals surface area contributed by atoms with E-state index in [1.165, 1.54) is 51.4 Å². The number of aliphatic hydroxyl groups excluding tert-OH is 1. The Morgan fingerprint density at radius 3 is 1.93 bits per heavy atom. The summed E-state index contributed by atoms with van der Waals surface area (Å²) < 4.78 is 18.8. The van der Waals surface area contributed by atoms with Crippen LogP contribution in [-0.4, -0.2) is 36.0 Å². The first-order valence-corrected chi connectivity index (χ1v) is 10.6. The van der Waals surface area contributed by atoms with Crippen molar-refractivity contribution in [2.45, 2.75) is 116 Å². The first-order valence-electron chi connectivity index (χ1n) is 10.6. The van der Waals surface area contributed by atoms with E-state index in [9.17, 15) is 14.3 Å². The smallest absolute Gasteiger partial charge is 0.317 e. The van der Waals surface area contributed by atoms with Gasteiger partial charge in [0, 0.05) is 4.91 Å². The second-order valence-corrected chi connectivity index (χ2v) is 7.09. The molecule has 0 aliphatic rings. The van der Waals surface area contributed by atoms with Crippen molar-refractivity contribution in [3.05, 3.63) is 10.4 Å². The van der Waals surface area contributed by atoms with Gasteiger partial charge in [0.2, 0.25) is 0 Å². The van der Waals surface area contributed by atoms with E-state index in [0.717, 1.165) is 19.3 Å². The van der Waals surface area contributed by atoms with Gasteiger partial charge in [0.1, 0.15) is 12.3 Å². The zero-order valence-electron chi connectivity index (χ0n) is 17.1. The molecule has 0 amide bonds. The molecule has 0 aromatic carbocycles. The maximum absolute atomic E-state index is 14.1. The Balaban J connectivity index is 3.78. The van der Waals surface area contributed by atoms with Gasteiger partial charge in [-0.15, -0.1) is 0 Å². The predicted octanol–water partition coefficient (Wildman–Crippen LogP) is 6.02. The van der Waals surface area contributed by atoms with E-state index in [1.54, 1.807) is 6.92 Å². The lowest BCUT2D eigenvalue weighted by Crippen LogP contribution is -2.40. The lowest BCUT2D eigenvalue weighted by Gasteiger charge is -2.20. The molecule has 27 heavy (non-hydrogen) atoms. The van der Waals surface area contributed by atoms with Crippen molar-refractivity contribution >= 4 is 5.97 Å².